The molecule has 0 saturated carbocycles. The highest BCUT2D eigenvalue weighted by atomic mass is 16.4. The fourth-order valence-electron chi connectivity index (χ4n) is 1.86. The molecule has 11 N–H and O–H groups in total. The number of carbonyl (C=O) groups is 5. The Morgan fingerprint density at radius 2 is 1.57 bits per heavy atom. The van der Waals surface area contributed by atoms with Gasteiger partial charge in [0.05, 0.1) is 19.0 Å². The molecule has 0 aromatic heterocycles. The highest BCUT2D eigenvalue weighted by Crippen LogP contribution is 2.00. The number of hydrogen-bond acceptors (Lipinski definition) is 7. The van der Waals surface area contributed by atoms with Gasteiger partial charge in [-0.15, -0.1) is 0 Å². The van der Waals surface area contributed by atoms with E-state index < -0.39 is 61.3 Å². The monoisotopic (exact) mass is 403 g/mol. The van der Waals surface area contributed by atoms with Crippen molar-refractivity contribution in [3.05, 3.63) is 0 Å². The molecule has 28 heavy (non-hydrogen) atoms. The minimum Gasteiger partial charge on any atom is -0.481 e. The van der Waals surface area contributed by atoms with Crippen molar-refractivity contribution < 1.29 is 34.2 Å². The summed E-state index contributed by atoms with van der Waals surface area (Å²) in [5.74, 6) is -5.04. The minimum atomic E-state index is -1.37. The Kier molecular flexibility index (Phi) is 11.3. The Hall–Kier alpha value is -3.42. The van der Waals surface area contributed by atoms with Crippen molar-refractivity contribution in [3.63, 3.8) is 0 Å². The molecule has 14 nitrogen and oxygen atoms in total. The SMILES string of the molecule is NC(N)=NCCCC(NC(=O)C(N)CC(=O)O)C(=O)NCC(=O)NCC(=O)O. The van der Waals surface area contributed by atoms with Crippen LogP contribution < -0.4 is 33.2 Å². The van der Waals surface area contributed by atoms with Gasteiger partial charge in [-0.2, -0.15) is 0 Å². The van der Waals surface area contributed by atoms with Crippen LogP contribution in [0.4, 0.5) is 0 Å². The van der Waals surface area contributed by atoms with Gasteiger partial charge in [-0.3, -0.25) is 29.0 Å². The van der Waals surface area contributed by atoms with Gasteiger partial charge in [0.1, 0.15) is 12.6 Å². The summed E-state index contributed by atoms with van der Waals surface area (Å²) in [7, 11) is 0. The Morgan fingerprint density at radius 3 is 2.11 bits per heavy atom. The second-order valence-electron chi connectivity index (χ2n) is 5.60. The van der Waals surface area contributed by atoms with Crippen LogP contribution in [0.2, 0.25) is 0 Å². The first-order valence-electron chi connectivity index (χ1n) is 8.12. The molecule has 0 aliphatic carbocycles. The summed E-state index contributed by atoms with van der Waals surface area (Å²) < 4.78 is 0. The van der Waals surface area contributed by atoms with Gasteiger partial charge in [0.15, 0.2) is 5.96 Å². The van der Waals surface area contributed by atoms with Crippen LogP contribution in [0.3, 0.4) is 0 Å². The summed E-state index contributed by atoms with van der Waals surface area (Å²) in [6, 6.07) is -2.50. The number of nitrogens with zero attached hydrogens (tertiary/aromatic N) is 1. The molecule has 3 amide bonds. The van der Waals surface area contributed by atoms with Crippen molar-refractivity contribution in [2.24, 2.45) is 22.2 Å². The van der Waals surface area contributed by atoms with Gasteiger partial charge in [0.25, 0.3) is 0 Å². The van der Waals surface area contributed by atoms with Gasteiger partial charge in [0.2, 0.25) is 17.7 Å². The van der Waals surface area contributed by atoms with Crippen molar-refractivity contribution in [1.82, 2.24) is 16.0 Å². The number of carbonyl (C=O) groups excluding carboxylic acids is 3. The van der Waals surface area contributed by atoms with Gasteiger partial charge >= 0.3 is 11.9 Å². The topological polar surface area (TPSA) is 252 Å². The Balaban J connectivity index is 4.80. The van der Waals surface area contributed by atoms with Crippen molar-refractivity contribution in [3.8, 4) is 0 Å². The average molecular weight is 403 g/mol. The van der Waals surface area contributed by atoms with Crippen LogP contribution in [0.25, 0.3) is 0 Å². The van der Waals surface area contributed by atoms with E-state index in [9.17, 15) is 24.0 Å². The maximum atomic E-state index is 12.2. The maximum Gasteiger partial charge on any atom is 0.322 e. The van der Waals surface area contributed by atoms with Gasteiger partial charge in [-0.25, -0.2) is 0 Å². The lowest BCUT2D eigenvalue weighted by Gasteiger charge is -2.20. The molecule has 158 valence electrons. The molecule has 14 heteroatoms. The van der Waals surface area contributed by atoms with Crippen LogP contribution in [0.1, 0.15) is 19.3 Å². The first kappa shape index (κ1) is 24.6. The van der Waals surface area contributed by atoms with E-state index in [1.165, 1.54) is 0 Å². The highest BCUT2D eigenvalue weighted by molar-refractivity contribution is 5.93. The molecule has 0 bridgehead atoms. The fourth-order valence-corrected chi connectivity index (χ4v) is 1.86. The van der Waals surface area contributed by atoms with Gasteiger partial charge in [-0.1, -0.05) is 0 Å². The van der Waals surface area contributed by atoms with E-state index in [-0.39, 0.29) is 25.3 Å². The minimum absolute atomic E-state index is 0.0743. The number of nitrogens with two attached hydrogens (primary N) is 3. The Labute approximate surface area is 159 Å². The van der Waals surface area contributed by atoms with Crippen LogP contribution in [0, 0.1) is 0 Å². The molecule has 2 atom stereocenters. The van der Waals surface area contributed by atoms with E-state index in [2.05, 4.69) is 20.9 Å². The summed E-state index contributed by atoms with van der Waals surface area (Å²) >= 11 is 0. The highest BCUT2D eigenvalue weighted by Gasteiger charge is 2.25. The summed E-state index contributed by atoms with van der Waals surface area (Å²) in [4.78, 5) is 60.4. The van der Waals surface area contributed by atoms with Crippen LogP contribution >= 0.6 is 0 Å². The number of aliphatic carboxylic acids is 2. The summed E-state index contributed by atoms with van der Waals surface area (Å²) in [6.07, 6.45) is -0.272. The van der Waals surface area contributed by atoms with Crippen LogP contribution in [0.15, 0.2) is 4.99 Å². The average Bonchev–Trinajstić information content (AvgIpc) is 2.59. The predicted molar refractivity (Wildman–Crippen MR) is 95.7 cm³/mol. The summed E-state index contributed by atoms with van der Waals surface area (Å²) in [6.45, 7) is -0.965. The second kappa shape index (κ2) is 12.9. The Morgan fingerprint density at radius 1 is 0.929 bits per heavy atom. The number of hydrogen-bond donors (Lipinski definition) is 8. The normalized spacial score (nSPS) is 12.2. The zero-order valence-electron chi connectivity index (χ0n) is 15.0. The first-order chi connectivity index (χ1) is 13.0. The van der Waals surface area contributed by atoms with Gasteiger partial charge in [-0.05, 0) is 12.8 Å². The third-order valence-electron chi connectivity index (χ3n) is 3.17. The van der Waals surface area contributed by atoms with E-state index in [0.29, 0.717) is 0 Å². The number of rotatable bonds is 13. The lowest BCUT2D eigenvalue weighted by Crippen LogP contribution is -2.53. The van der Waals surface area contributed by atoms with Crippen molar-refractivity contribution in [2.75, 3.05) is 19.6 Å². The molecule has 0 aliphatic rings. The summed E-state index contributed by atoms with van der Waals surface area (Å²) in [5, 5.41) is 23.7. The molecular weight excluding hydrogens is 378 g/mol. The summed E-state index contributed by atoms with van der Waals surface area (Å²) in [5.41, 5.74) is 15.8. The number of nitrogens with one attached hydrogen (secondary N) is 3. The van der Waals surface area contributed by atoms with Crippen molar-refractivity contribution in [2.45, 2.75) is 31.3 Å². The molecular formula is C14H25N7O7. The molecule has 0 fully saturated rings. The smallest absolute Gasteiger partial charge is 0.322 e. The molecule has 0 aromatic carbocycles. The van der Waals surface area contributed by atoms with Gasteiger partial charge < -0.3 is 43.4 Å². The largest absolute Gasteiger partial charge is 0.481 e. The molecule has 0 aliphatic heterocycles. The molecule has 0 saturated heterocycles. The van der Waals surface area contributed by atoms with Crippen molar-refractivity contribution >= 4 is 35.6 Å². The van der Waals surface area contributed by atoms with E-state index in [1.54, 1.807) is 0 Å². The second-order valence-corrected chi connectivity index (χ2v) is 5.60. The Bertz CT molecular complexity index is 619. The third kappa shape index (κ3) is 12.0. The first-order valence-corrected chi connectivity index (χ1v) is 8.12. The molecule has 0 radical (unpaired) electrons. The molecule has 2 unspecified atom stereocenters. The van der Waals surface area contributed by atoms with Crippen LogP contribution in [-0.4, -0.2) is 77.6 Å². The zero-order valence-corrected chi connectivity index (χ0v) is 15.0. The fraction of sp³-hybridized carbons (Fsp3) is 0.571. The third-order valence-corrected chi connectivity index (χ3v) is 3.17. The number of guanidine groups is 1. The van der Waals surface area contributed by atoms with E-state index in [1.807, 2.05) is 0 Å². The predicted octanol–water partition coefficient (Wildman–Crippen LogP) is -4.36. The number of carboxylic acid groups (broad SMARTS) is 2. The quantitative estimate of drug-likeness (QED) is 0.0832. The molecule has 0 spiro atoms. The molecule has 0 heterocycles. The lowest BCUT2D eigenvalue weighted by atomic mass is 10.1. The zero-order chi connectivity index (χ0) is 21.7. The molecule has 0 aromatic rings. The van der Waals surface area contributed by atoms with E-state index in [0.717, 1.165) is 0 Å². The van der Waals surface area contributed by atoms with E-state index in [4.69, 9.17) is 27.4 Å². The number of aliphatic imine (C=N–C) groups is 1. The van der Waals surface area contributed by atoms with Gasteiger partial charge in [0, 0.05) is 6.54 Å². The van der Waals surface area contributed by atoms with Crippen LogP contribution in [0.5, 0.6) is 0 Å². The number of amides is 3. The van der Waals surface area contributed by atoms with Crippen LogP contribution in [-0.2, 0) is 24.0 Å². The number of carboxylic acids is 2. The van der Waals surface area contributed by atoms with E-state index >= 15 is 0 Å². The molecule has 0 rings (SSSR count). The lowest BCUT2D eigenvalue weighted by molar-refractivity contribution is -0.139. The van der Waals surface area contributed by atoms with Crippen molar-refractivity contribution in [1.29, 1.82) is 0 Å². The maximum absolute atomic E-state index is 12.2. The standard InChI is InChI=1S/C14H25N7O7/c15-7(4-10(23)24)12(27)21-8(2-1-3-18-14(16)17)13(28)20-5-9(22)19-6-11(25)26/h7-8H,1-6,15H2,(H,19,22)(H,20,28)(H,21,27)(H,23,24)(H,25,26)(H4,16,17,18).